The van der Waals surface area contributed by atoms with Crippen LogP contribution in [-0.4, -0.2) is 18.0 Å². The summed E-state index contributed by atoms with van der Waals surface area (Å²) in [7, 11) is 1.59. The number of rotatable bonds is 4. The normalized spacial score (nSPS) is 10.9. The molecule has 0 radical (unpaired) electrons. The molecule has 0 aliphatic carbocycles. The highest BCUT2D eigenvalue weighted by Crippen LogP contribution is 2.33. The molecule has 0 aliphatic heterocycles. The molecule has 1 N–H and O–H groups in total. The Bertz CT molecular complexity index is 1300. The van der Waals surface area contributed by atoms with Crippen molar-refractivity contribution in [2.24, 2.45) is 0 Å². The summed E-state index contributed by atoms with van der Waals surface area (Å²) >= 11 is 6.08. The van der Waals surface area contributed by atoms with Gasteiger partial charge in [-0.2, -0.15) is 0 Å². The van der Waals surface area contributed by atoms with Crippen molar-refractivity contribution >= 4 is 34.1 Å². The Morgan fingerprint density at radius 3 is 2.42 bits per heavy atom. The molecule has 1 aromatic heterocycles. The van der Waals surface area contributed by atoms with Crippen molar-refractivity contribution in [3.05, 3.63) is 87.9 Å². The molecule has 31 heavy (non-hydrogen) atoms. The number of nitrogens with zero attached hydrogens (tertiary/aromatic N) is 1. The second-order valence-electron chi connectivity index (χ2n) is 7.60. The van der Waals surface area contributed by atoms with Crippen LogP contribution in [0.15, 0.2) is 60.7 Å². The molecule has 3 aromatic carbocycles. The van der Waals surface area contributed by atoms with Gasteiger partial charge in [0, 0.05) is 16.0 Å². The number of hydrogen-bond donors (Lipinski definition) is 1. The number of pyridine rings is 1. The number of carbonyl (C=O) groups is 1. The van der Waals surface area contributed by atoms with Crippen LogP contribution in [0.5, 0.6) is 5.75 Å². The highest BCUT2D eigenvalue weighted by molar-refractivity contribution is 6.30. The molecule has 5 heteroatoms. The monoisotopic (exact) mass is 430 g/mol. The minimum atomic E-state index is -0.199. The zero-order valence-corrected chi connectivity index (χ0v) is 18.7. The number of amides is 1. The lowest BCUT2D eigenvalue weighted by atomic mass is 9.94. The highest BCUT2D eigenvalue weighted by Gasteiger charge is 2.21. The SMILES string of the molecule is COc1ccccc1NC(=O)c1c(C)c(-c2ccc(Cl)cc2)nc2c(C)cc(C)cc12. The lowest BCUT2D eigenvalue weighted by Crippen LogP contribution is -2.16. The lowest BCUT2D eigenvalue weighted by Gasteiger charge is -2.17. The molecular formula is C26H23ClN2O2. The Kier molecular flexibility index (Phi) is 5.66. The van der Waals surface area contributed by atoms with E-state index in [1.165, 1.54) is 0 Å². The maximum absolute atomic E-state index is 13.6. The number of carbonyl (C=O) groups excluding carboxylic acids is 1. The lowest BCUT2D eigenvalue weighted by molar-refractivity contribution is 0.102. The van der Waals surface area contributed by atoms with Crippen molar-refractivity contribution in [1.82, 2.24) is 4.98 Å². The molecule has 156 valence electrons. The number of halogens is 1. The quantitative estimate of drug-likeness (QED) is 0.390. The van der Waals surface area contributed by atoms with E-state index < -0.39 is 0 Å². The standard InChI is InChI=1S/C26H23ClN2O2/c1-15-13-16(2)24-20(14-15)23(26(30)28-21-7-5-6-8-22(21)31-4)17(3)25(29-24)18-9-11-19(27)12-10-18/h5-14H,1-4H3,(H,28,30). The Hall–Kier alpha value is -3.37. The number of para-hydroxylation sites is 2. The topological polar surface area (TPSA) is 51.2 Å². The van der Waals surface area contributed by atoms with Gasteiger partial charge in [0.05, 0.1) is 29.6 Å². The van der Waals surface area contributed by atoms with Gasteiger partial charge >= 0.3 is 0 Å². The fourth-order valence-corrected chi connectivity index (χ4v) is 4.06. The Balaban J connectivity index is 1.94. The van der Waals surface area contributed by atoms with Gasteiger partial charge in [-0.1, -0.05) is 47.5 Å². The molecule has 0 fully saturated rings. The van der Waals surface area contributed by atoms with Gasteiger partial charge in [-0.3, -0.25) is 4.79 Å². The van der Waals surface area contributed by atoms with Gasteiger partial charge in [-0.25, -0.2) is 4.98 Å². The van der Waals surface area contributed by atoms with Crippen molar-refractivity contribution in [3.63, 3.8) is 0 Å². The van der Waals surface area contributed by atoms with E-state index in [4.69, 9.17) is 21.3 Å². The summed E-state index contributed by atoms with van der Waals surface area (Å²) in [4.78, 5) is 18.5. The van der Waals surface area contributed by atoms with E-state index >= 15 is 0 Å². The smallest absolute Gasteiger partial charge is 0.256 e. The molecule has 0 saturated carbocycles. The summed E-state index contributed by atoms with van der Waals surface area (Å²) in [5.74, 6) is 0.409. The molecule has 0 saturated heterocycles. The van der Waals surface area contributed by atoms with Crippen LogP contribution in [0.1, 0.15) is 27.0 Å². The van der Waals surface area contributed by atoms with Gasteiger partial charge in [0.15, 0.2) is 0 Å². The molecule has 4 nitrogen and oxygen atoms in total. The molecule has 0 bridgehead atoms. The average Bonchev–Trinajstić information content (AvgIpc) is 2.74. The summed E-state index contributed by atoms with van der Waals surface area (Å²) in [5, 5.41) is 4.51. The van der Waals surface area contributed by atoms with Crippen LogP contribution in [-0.2, 0) is 0 Å². The highest BCUT2D eigenvalue weighted by atomic mass is 35.5. The molecule has 0 unspecified atom stereocenters. The Labute approximate surface area is 186 Å². The number of methoxy groups -OCH3 is 1. The Morgan fingerprint density at radius 2 is 1.71 bits per heavy atom. The molecule has 4 aromatic rings. The number of fused-ring (bicyclic) bond motifs is 1. The van der Waals surface area contributed by atoms with Crippen LogP contribution in [0.3, 0.4) is 0 Å². The first-order valence-electron chi connectivity index (χ1n) is 10.0. The van der Waals surface area contributed by atoms with E-state index in [1.807, 2.05) is 75.4 Å². The maximum Gasteiger partial charge on any atom is 0.256 e. The first kappa shape index (κ1) is 20.9. The molecule has 0 spiro atoms. The van der Waals surface area contributed by atoms with Crippen molar-refractivity contribution < 1.29 is 9.53 Å². The summed E-state index contributed by atoms with van der Waals surface area (Å²) in [6.07, 6.45) is 0. The number of hydrogen-bond acceptors (Lipinski definition) is 3. The summed E-state index contributed by atoms with van der Waals surface area (Å²) in [6.45, 7) is 5.98. The van der Waals surface area contributed by atoms with Gasteiger partial charge in [0.25, 0.3) is 5.91 Å². The van der Waals surface area contributed by atoms with Crippen LogP contribution in [0.25, 0.3) is 22.2 Å². The molecular weight excluding hydrogens is 408 g/mol. The minimum absolute atomic E-state index is 0.199. The number of benzene rings is 3. The summed E-state index contributed by atoms with van der Waals surface area (Å²) in [5.41, 5.74) is 6.63. The van der Waals surface area contributed by atoms with Gasteiger partial charge in [0.1, 0.15) is 5.75 Å². The van der Waals surface area contributed by atoms with Crippen LogP contribution < -0.4 is 10.1 Å². The Morgan fingerprint density at radius 1 is 1.00 bits per heavy atom. The number of aryl methyl sites for hydroxylation is 2. The van der Waals surface area contributed by atoms with Crippen molar-refractivity contribution in [3.8, 4) is 17.0 Å². The minimum Gasteiger partial charge on any atom is -0.495 e. The van der Waals surface area contributed by atoms with Gasteiger partial charge < -0.3 is 10.1 Å². The molecule has 1 amide bonds. The van der Waals surface area contributed by atoms with Crippen LogP contribution in [0, 0.1) is 20.8 Å². The van der Waals surface area contributed by atoms with Crippen LogP contribution in [0.2, 0.25) is 5.02 Å². The molecule has 4 rings (SSSR count). The van der Waals surface area contributed by atoms with E-state index in [9.17, 15) is 4.79 Å². The van der Waals surface area contributed by atoms with Gasteiger partial charge in [0.2, 0.25) is 0 Å². The van der Waals surface area contributed by atoms with E-state index in [1.54, 1.807) is 7.11 Å². The van der Waals surface area contributed by atoms with Crippen LogP contribution >= 0.6 is 11.6 Å². The number of ether oxygens (including phenoxy) is 1. The first-order valence-corrected chi connectivity index (χ1v) is 10.4. The van der Waals surface area contributed by atoms with Crippen molar-refractivity contribution in [2.45, 2.75) is 20.8 Å². The fraction of sp³-hybridized carbons (Fsp3) is 0.154. The second-order valence-corrected chi connectivity index (χ2v) is 8.04. The molecule has 1 heterocycles. The predicted molar refractivity (Wildman–Crippen MR) is 127 cm³/mol. The summed E-state index contributed by atoms with van der Waals surface area (Å²) in [6, 6.07) is 19.0. The van der Waals surface area contributed by atoms with Gasteiger partial charge in [-0.05, 0) is 62.2 Å². The number of nitrogens with one attached hydrogen (secondary N) is 1. The molecule has 0 aliphatic rings. The number of anilines is 1. The van der Waals surface area contributed by atoms with E-state index in [2.05, 4.69) is 11.4 Å². The molecule has 0 atom stereocenters. The average molecular weight is 431 g/mol. The predicted octanol–water partition coefficient (Wildman–Crippen LogP) is 6.74. The number of aromatic nitrogens is 1. The zero-order valence-electron chi connectivity index (χ0n) is 17.9. The van der Waals surface area contributed by atoms with E-state index in [0.717, 1.165) is 38.9 Å². The van der Waals surface area contributed by atoms with Crippen molar-refractivity contribution in [2.75, 3.05) is 12.4 Å². The second kappa shape index (κ2) is 8.40. The van der Waals surface area contributed by atoms with Crippen LogP contribution in [0.4, 0.5) is 5.69 Å². The van der Waals surface area contributed by atoms with E-state index in [0.29, 0.717) is 22.0 Å². The fourth-order valence-electron chi connectivity index (χ4n) is 3.93. The third kappa shape index (κ3) is 3.99. The zero-order chi connectivity index (χ0) is 22.1. The third-order valence-electron chi connectivity index (χ3n) is 5.37. The third-order valence-corrected chi connectivity index (χ3v) is 5.62. The maximum atomic E-state index is 13.6. The largest absolute Gasteiger partial charge is 0.495 e. The summed E-state index contributed by atoms with van der Waals surface area (Å²) < 4.78 is 5.40. The van der Waals surface area contributed by atoms with Gasteiger partial charge in [-0.15, -0.1) is 0 Å². The van der Waals surface area contributed by atoms with E-state index in [-0.39, 0.29) is 5.91 Å². The van der Waals surface area contributed by atoms with Crippen molar-refractivity contribution in [1.29, 1.82) is 0 Å². The first-order chi connectivity index (χ1) is 14.9.